The molecule has 0 aliphatic heterocycles. The molecule has 6 aromatic rings. The number of urea groups is 1. The molecule has 20 nitrogen and oxygen atoms in total. The molecule has 0 bridgehead atoms. The monoisotopic (exact) mass is 1170 g/mol. The molecule has 0 saturated heterocycles. The van der Waals surface area contributed by atoms with Crippen LogP contribution in [0, 0.1) is 30.8 Å². The second kappa shape index (κ2) is 30.5. The first-order valence-electron chi connectivity index (χ1n) is 27.0. The van der Waals surface area contributed by atoms with Gasteiger partial charge < -0.3 is 61.1 Å². The third-order valence-electron chi connectivity index (χ3n) is 13.2. The van der Waals surface area contributed by atoms with Gasteiger partial charge in [-0.2, -0.15) is 0 Å². The maximum absolute atomic E-state index is 14.6. The number of carbonyl (C=O) groups excluding carboxylic acids is 6. The molecule has 1 heterocycles. The molecule has 5 aromatic carbocycles. The molecule has 438 valence electrons. The number of benzene rings is 5. The van der Waals surface area contributed by atoms with E-state index in [1.54, 1.807) is 73.3 Å². The normalized spacial score (nSPS) is 12.9. The maximum Gasteiger partial charge on any atom is 0.407 e. The van der Waals surface area contributed by atoms with E-state index < -0.39 is 68.0 Å². The minimum Gasteiger partial charge on any atom is -0.458 e. The molecule has 0 aliphatic rings. The summed E-state index contributed by atoms with van der Waals surface area (Å²) in [6.07, 6.45) is 5.53. The van der Waals surface area contributed by atoms with Crippen molar-refractivity contribution in [2.24, 2.45) is 17.6 Å². The Hall–Kier alpha value is -8.47. The van der Waals surface area contributed by atoms with Gasteiger partial charge in [-0.3, -0.25) is 28.5 Å². The first-order chi connectivity index (χ1) is 39.7. The number of amides is 7. The highest BCUT2D eigenvalue weighted by molar-refractivity contribution is 7.65. The third-order valence-corrected chi connectivity index (χ3v) is 14.9. The van der Waals surface area contributed by atoms with Crippen molar-refractivity contribution in [3.8, 4) is 12.1 Å². The number of primary amides is 1. The summed E-state index contributed by atoms with van der Waals surface area (Å²) in [5, 5.41) is 25.9. The molecule has 0 aliphatic carbocycles. The van der Waals surface area contributed by atoms with Crippen molar-refractivity contribution < 1.29 is 52.1 Å². The predicted molar refractivity (Wildman–Crippen MR) is 319 cm³/mol. The fraction of sp³-hybridized carbons (Fsp3) is 0.328. The molecule has 6 rings (SSSR count). The van der Waals surface area contributed by atoms with Gasteiger partial charge in [-0.25, -0.2) is 9.59 Å². The summed E-state index contributed by atoms with van der Waals surface area (Å²) in [5.41, 5.74) is 11.5. The van der Waals surface area contributed by atoms with E-state index in [-0.39, 0.29) is 80.6 Å². The van der Waals surface area contributed by atoms with Crippen LogP contribution in [-0.2, 0) is 36.4 Å². The van der Waals surface area contributed by atoms with Gasteiger partial charge in [-0.15, -0.1) is 6.42 Å². The maximum atomic E-state index is 14.6. The summed E-state index contributed by atoms with van der Waals surface area (Å²) >= 11 is 6.40. The van der Waals surface area contributed by atoms with Crippen LogP contribution in [-0.4, -0.2) is 90.7 Å². The largest absolute Gasteiger partial charge is 0.458 e. The number of nitrogens with zero attached hydrogens (tertiary/aromatic N) is 1. The van der Waals surface area contributed by atoms with Crippen molar-refractivity contribution in [3.63, 3.8) is 0 Å². The standard InChI is InChI=1S/C61H70ClN8O12P/c1-7-83(79,81-34-33-71)69-47-27-22-43(23-28-47)56(73)68-52(38(2)3)58(75)67-50(15-11-30-64-60(63)77)57(74)66-46-25-18-42(19-26-46)37-80-61(78)65-31-12-32-70(59(76)44-20-16-40(6)17-21-44)53(39(4)5)55-49(35-41-13-9-8-10-14-41)54(72)48-29-24-45(62)36-51(48)82-55/h1,8-10,13-14,16-29,36,38-39,50,52-53,71H,11-12,15,30-35,37H2,2-6H3,(H,65,78)(H,66,74)(H,67,75)(H,68,73)(H,69,79)(H3,63,64,77)/t50-,52-,53+,83?/m0/s1. The Bertz CT molecular complexity index is 3370. The van der Waals surface area contributed by atoms with Crippen molar-refractivity contribution in [3.05, 3.63) is 176 Å². The number of hydrogen-bond acceptors (Lipinski definition) is 12. The number of fused-ring (bicyclic) bond motifs is 1. The van der Waals surface area contributed by atoms with Crippen molar-refractivity contribution in [1.29, 1.82) is 0 Å². The number of aliphatic hydroxyl groups excluding tert-OH is 1. The van der Waals surface area contributed by atoms with Gasteiger partial charge in [-0.1, -0.05) is 99.5 Å². The van der Waals surface area contributed by atoms with Crippen LogP contribution in [0.4, 0.5) is 21.0 Å². The number of carbonyl (C=O) groups is 6. The molecule has 4 atom stereocenters. The van der Waals surface area contributed by atoms with Crippen LogP contribution in [0.15, 0.2) is 131 Å². The average molecular weight is 1170 g/mol. The predicted octanol–water partition coefficient (Wildman–Crippen LogP) is 9.03. The molecule has 83 heavy (non-hydrogen) atoms. The fourth-order valence-electron chi connectivity index (χ4n) is 8.96. The summed E-state index contributed by atoms with van der Waals surface area (Å²) in [4.78, 5) is 96.2. The number of terminal acetylenes is 1. The lowest BCUT2D eigenvalue weighted by atomic mass is 9.91. The highest BCUT2D eigenvalue weighted by atomic mass is 35.5. The Morgan fingerprint density at radius 2 is 1.46 bits per heavy atom. The third kappa shape index (κ3) is 18.5. The van der Waals surface area contributed by atoms with Crippen molar-refractivity contribution in [2.75, 3.05) is 43.3 Å². The number of halogens is 1. The van der Waals surface area contributed by atoms with E-state index in [9.17, 15) is 38.1 Å². The van der Waals surface area contributed by atoms with Crippen molar-refractivity contribution in [1.82, 2.24) is 26.2 Å². The van der Waals surface area contributed by atoms with Gasteiger partial charge in [0.2, 0.25) is 11.8 Å². The minimum atomic E-state index is -3.76. The van der Waals surface area contributed by atoms with Crippen LogP contribution in [0.5, 0.6) is 0 Å². The molecule has 9 N–H and O–H groups in total. The van der Waals surface area contributed by atoms with Gasteiger partial charge in [0.1, 0.15) is 30.0 Å². The van der Waals surface area contributed by atoms with Gasteiger partial charge in [0.25, 0.3) is 11.8 Å². The lowest BCUT2D eigenvalue weighted by Crippen LogP contribution is -2.54. The second-order valence-corrected chi connectivity index (χ2v) is 22.6. The van der Waals surface area contributed by atoms with Crippen LogP contribution >= 0.6 is 19.1 Å². The zero-order chi connectivity index (χ0) is 60.2. The Morgan fingerprint density at radius 1 is 0.795 bits per heavy atom. The first-order valence-corrected chi connectivity index (χ1v) is 29.0. The number of aliphatic hydroxyl groups is 1. The SMILES string of the molecule is C#CP(=O)(Nc1ccc(C(=O)N[C@H](C(=O)N[C@@H](CCCNC(N)=O)C(=O)Nc2ccc(COC(=O)NCCCN(C(=O)c3ccc(C)cc3)[C@@H](c3oc4cc(Cl)ccc4c(=O)c3Cc3ccccc3)C(C)C)cc2)C(C)C)cc1)OCCO. The van der Waals surface area contributed by atoms with E-state index in [0.717, 1.165) is 11.1 Å². The summed E-state index contributed by atoms with van der Waals surface area (Å²) in [6, 6.07) is 30.2. The fourth-order valence-corrected chi connectivity index (χ4v) is 10.2. The quantitative estimate of drug-likeness (QED) is 0.0129. The van der Waals surface area contributed by atoms with E-state index in [4.69, 9.17) is 42.5 Å². The molecule has 1 unspecified atom stereocenters. The van der Waals surface area contributed by atoms with Crippen molar-refractivity contribution in [2.45, 2.75) is 85.0 Å². The molecular weight excluding hydrogens is 1100 g/mol. The van der Waals surface area contributed by atoms with E-state index in [0.29, 0.717) is 50.6 Å². The molecule has 0 saturated carbocycles. The van der Waals surface area contributed by atoms with E-state index >= 15 is 0 Å². The van der Waals surface area contributed by atoms with Crippen LogP contribution < -0.4 is 42.8 Å². The number of ether oxygens (including phenoxy) is 1. The van der Waals surface area contributed by atoms with Crippen LogP contribution in [0.1, 0.15) is 102 Å². The van der Waals surface area contributed by atoms with Gasteiger partial charge in [-0.05, 0) is 110 Å². The molecule has 7 amide bonds. The topological polar surface area (TPSA) is 290 Å². The first kappa shape index (κ1) is 63.7. The number of rotatable bonds is 28. The summed E-state index contributed by atoms with van der Waals surface area (Å²) in [6.45, 7) is 8.89. The lowest BCUT2D eigenvalue weighted by molar-refractivity contribution is -0.128. The molecular formula is C61H70ClN8O12P. The number of alkyl carbamates (subject to hydrolysis) is 1. The number of hydrogen-bond donors (Lipinski definition) is 8. The zero-order valence-electron chi connectivity index (χ0n) is 46.9. The Balaban J connectivity index is 1.08. The second-order valence-electron chi connectivity index (χ2n) is 20.3. The van der Waals surface area contributed by atoms with E-state index in [2.05, 4.69) is 37.3 Å². The highest BCUT2D eigenvalue weighted by Crippen LogP contribution is 2.45. The number of nitrogens with one attached hydrogen (secondary N) is 6. The van der Waals surface area contributed by atoms with E-state index in [1.165, 1.54) is 24.3 Å². The number of nitrogens with two attached hydrogens (primary N) is 1. The lowest BCUT2D eigenvalue weighted by Gasteiger charge is -2.35. The van der Waals surface area contributed by atoms with Crippen LogP contribution in [0.3, 0.4) is 0 Å². The molecule has 1 aromatic heterocycles. The summed E-state index contributed by atoms with van der Waals surface area (Å²) < 4.78 is 30.0. The van der Waals surface area contributed by atoms with Gasteiger partial charge in [0, 0.05) is 70.9 Å². The van der Waals surface area contributed by atoms with E-state index in [1.807, 2.05) is 63.2 Å². The molecule has 0 radical (unpaired) electrons. The Kier molecular flexibility index (Phi) is 23.4. The molecule has 22 heteroatoms. The number of anilines is 2. The zero-order valence-corrected chi connectivity index (χ0v) is 48.5. The molecule has 0 fully saturated rings. The highest BCUT2D eigenvalue weighted by Gasteiger charge is 2.35. The minimum absolute atomic E-state index is 0.0724. The Labute approximate surface area is 487 Å². The van der Waals surface area contributed by atoms with Gasteiger partial charge in [0.15, 0.2) is 5.43 Å². The molecule has 0 spiro atoms. The number of aryl methyl sites for hydroxylation is 1. The summed E-state index contributed by atoms with van der Waals surface area (Å²) in [7, 11) is -3.76. The van der Waals surface area contributed by atoms with Gasteiger partial charge in [0.05, 0.1) is 24.6 Å². The van der Waals surface area contributed by atoms with Crippen LogP contribution in [0.25, 0.3) is 11.0 Å². The average Bonchev–Trinajstić information content (AvgIpc) is 2.64. The van der Waals surface area contributed by atoms with Gasteiger partial charge >= 0.3 is 19.6 Å². The van der Waals surface area contributed by atoms with Crippen molar-refractivity contribution >= 4 is 77.2 Å². The smallest absolute Gasteiger partial charge is 0.407 e. The van der Waals surface area contributed by atoms with Crippen LogP contribution in [0.2, 0.25) is 5.02 Å². The summed E-state index contributed by atoms with van der Waals surface area (Å²) in [5.74, 6) is -2.48. The Morgan fingerprint density at radius 3 is 2.10 bits per heavy atom.